The summed E-state index contributed by atoms with van der Waals surface area (Å²) in [6, 6.07) is 6.87. The number of nitrogens with zero attached hydrogens (tertiary/aromatic N) is 2. The Bertz CT molecular complexity index is 1020. The van der Waals surface area contributed by atoms with Gasteiger partial charge in [-0.1, -0.05) is 22.9 Å². The molecule has 1 aliphatic heterocycles. The lowest BCUT2D eigenvalue weighted by molar-refractivity contribution is 0.102. The van der Waals surface area contributed by atoms with E-state index in [1.807, 2.05) is 0 Å². The molecule has 0 saturated carbocycles. The minimum atomic E-state index is -1.13. The van der Waals surface area contributed by atoms with E-state index >= 15 is 0 Å². The first-order valence-corrected chi connectivity index (χ1v) is 9.40. The topological polar surface area (TPSA) is 54.5 Å². The van der Waals surface area contributed by atoms with Gasteiger partial charge in [0.1, 0.15) is 0 Å². The Labute approximate surface area is 162 Å². The van der Waals surface area contributed by atoms with Crippen molar-refractivity contribution in [2.45, 2.75) is 0 Å². The molecule has 3 aromatic rings. The van der Waals surface area contributed by atoms with Crippen LogP contribution in [0.15, 0.2) is 30.3 Å². The van der Waals surface area contributed by atoms with Crippen LogP contribution in [-0.4, -0.2) is 37.2 Å². The van der Waals surface area contributed by atoms with Crippen LogP contribution in [0.2, 0.25) is 5.02 Å². The first-order chi connectivity index (χ1) is 13.0. The maximum atomic E-state index is 13.4. The molecule has 4 rings (SSSR count). The third kappa shape index (κ3) is 3.73. The van der Waals surface area contributed by atoms with Crippen LogP contribution in [0.4, 0.5) is 19.6 Å². The summed E-state index contributed by atoms with van der Waals surface area (Å²) in [5.74, 6) is -2.84. The molecule has 0 aliphatic carbocycles. The highest BCUT2D eigenvalue weighted by atomic mass is 35.5. The molecule has 0 spiro atoms. The van der Waals surface area contributed by atoms with E-state index in [4.69, 9.17) is 16.3 Å². The lowest BCUT2D eigenvalue weighted by Gasteiger charge is -2.25. The lowest BCUT2D eigenvalue weighted by Crippen LogP contribution is -2.36. The normalized spacial score (nSPS) is 14.6. The molecule has 0 bridgehead atoms. The lowest BCUT2D eigenvalue weighted by atomic mass is 10.2. The van der Waals surface area contributed by atoms with Crippen molar-refractivity contribution in [3.63, 3.8) is 0 Å². The number of thiazole rings is 1. The Hall–Kier alpha value is -2.29. The summed E-state index contributed by atoms with van der Waals surface area (Å²) in [6.07, 6.45) is 0. The Morgan fingerprint density at radius 2 is 1.93 bits per heavy atom. The Kier molecular flexibility index (Phi) is 4.94. The van der Waals surface area contributed by atoms with Crippen LogP contribution in [0, 0.1) is 11.6 Å². The van der Waals surface area contributed by atoms with Gasteiger partial charge >= 0.3 is 0 Å². The van der Waals surface area contributed by atoms with Crippen molar-refractivity contribution in [1.29, 1.82) is 0 Å². The standard InChI is InChI=1S/C18H14ClF2N3O2S/c19-12-9-14(21)13(20)8-11(12)17(25)22-10-1-2-15-16(7-10)27-18(23-15)24-3-5-26-6-4-24/h1-2,7-9H,3-6H2,(H,22,25). The number of benzene rings is 2. The van der Waals surface area contributed by atoms with Gasteiger partial charge in [0.05, 0.1) is 34.0 Å². The molecule has 1 saturated heterocycles. The van der Waals surface area contributed by atoms with Crippen LogP contribution in [0.25, 0.3) is 10.2 Å². The van der Waals surface area contributed by atoms with Crippen molar-refractivity contribution in [2.75, 3.05) is 36.5 Å². The molecule has 2 heterocycles. The van der Waals surface area contributed by atoms with Crippen LogP contribution < -0.4 is 10.2 Å². The molecular formula is C18H14ClF2N3O2S. The third-order valence-electron chi connectivity index (χ3n) is 4.17. The third-order valence-corrected chi connectivity index (χ3v) is 5.56. The molecular weight excluding hydrogens is 396 g/mol. The number of ether oxygens (including phenoxy) is 1. The molecule has 1 amide bonds. The molecule has 9 heteroatoms. The fraction of sp³-hybridized carbons (Fsp3) is 0.222. The SMILES string of the molecule is O=C(Nc1ccc2nc(N3CCOCC3)sc2c1)c1cc(F)c(F)cc1Cl. The van der Waals surface area contributed by atoms with Gasteiger partial charge in [-0.2, -0.15) is 0 Å². The van der Waals surface area contributed by atoms with Crippen molar-refractivity contribution < 1.29 is 18.3 Å². The number of carbonyl (C=O) groups is 1. The first kappa shape index (κ1) is 18.1. The van der Waals surface area contributed by atoms with Crippen LogP contribution in [0.3, 0.4) is 0 Å². The van der Waals surface area contributed by atoms with Crippen molar-refractivity contribution in [3.8, 4) is 0 Å². The Balaban J connectivity index is 1.57. The minimum absolute atomic E-state index is 0.131. The predicted molar refractivity (Wildman–Crippen MR) is 102 cm³/mol. The monoisotopic (exact) mass is 409 g/mol. The molecule has 1 aromatic heterocycles. The van der Waals surface area contributed by atoms with Crippen LogP contribution in [0.5, 0.6) is 0 Å². The number of rotatable bonds is 3. The van der Waals surface area contributed by atoms with E-state index in [1.165, 1.54) is 11.3 Å². The number of carbonyl (C=O) groups excluding carboxylic acids is 1. The minimum Gasteiger partial charge on any atom is -0.378 e. The number of hydrogen-bond acceptors (Lipinski definition) is 5. The van der Waals surface area contributed by atoms with Gasteiger partial charge in [0.15, 0.2) is 16.8 Å². The maximum Gasteiger partial charge on any atom is 0.257 e. The van der Waals surface area contributed by atoms with Crippen molar-refractivity contribution >= 4 is 49.9 Å². The molecule has 1 aliphatic rings. The van der Waals surface area contributed by atoms with E-state index < -0.39 is 17.5 Å². The van der Waals surface area contributed by atoms with E-state index in [0.717, 1.165) is 40.6 Å². The smallest absolute Gasteiger partial charge is 0.257 e. The average molecular weight is 410 g/mol. The summed E-state index contributed by atoms with van der Waals surface area (Å²) in [6.45, 7) is 2.93. The van der Waals surface area contributed by atoms with E-state index in [-0.39, 0.29) is 10.6 Å². The van der Waals surface area contributed by atoms with Crippen LogP contribution in [-0.2, 0) is 4.74 Å². The maximum absolute atomic E-state index is 13.4. The van der Waals surface area contributed by atoms with Crippen molar-refractivity contribution in [2.24, 2.45) is 0 Å². The van der Waals surface area contributed by atoms with Gasteiger partial charge in [0.25, 0.3) is 5.91 Å². The summed E-state index contributed by atoms with van der Waals surface area (Å²) in [7, 11) is 0. The number of morpholine rings is 1. The largest absolute Gasteiger partial charge is 0.378 e. The summed E-state index contributed by atoms with van der Waals surface area (Å²) >= 11 is 7.38. The molecule has 0 unspecified atom stereocenters. The van der Waals surface area contributed by atoms with E-state index in [9.17, 15) is 13.6 Å². The van der Waals surface area contributed by atoms with Gasteiger partial charge in [0, 0.05) is 18.8 Å². The van der Waals surface area contributed by atoms with Crippen LogP contribution >= 0.6 is 22.9 Å². The number of halogens is 3. The number of nitrogens with one attached hydrogen (secondary N) is 1. The zero-order valence-corrected chi connectivity index (χ0v) is 15.5. The second-order valence-electron chi connectivity index (χ2n) is 5.98. The predicted octanol–water partition coefficient (Wildman–Crippen LogP) is 4.32. The van der Waals surface area contributed by atoms with E-state index in [2.05, 4.69) is 15.2 Å². The van der Waals surface area contributed by atoms with Gasteiger partial charge in [-0.25, -0.2) is 13.8 Å². The fourth-order valence-corrected chi connectivity index (χ4v) is 4.07. The molecule has 1 fully saturated rings. The second kappa shape index (κ2) is 7.38. The molecule has 0 atom stereocenters. The highest BCUT2D eigenvalue weighted by Gasteiger charge is 2.17. The molecule has 27 heavy (non-hydrogen) atoms. The number of anilines is 2. The molecule has 2 aromatic carbocycles. The van der Waals surface area contributed by atoms with Crippen LogP contribution in [0.1, 0.15) is 10.4 Å². The zero-order chi connectivity index (χ0) is 19.0. The number of fused-ring (bicyclic) bond motifs is 1. The number of hydrogen-bond donors (Lipinski definition) is 1. The van der Waals surface area contributed by atoms with E-state index in [1.54, 1.807) is 18.2 Å². The van der Waals surface area contributed by atoms with Gasteiger partial charge in [-0.15, -0.1) is 0 Å². The van der Waals surface area contributed by atoms with Gasteiger partial charge in [-0.3, -0.25) is 4.79 Å². The fourth-order valence-electron chi connectivity index (χ4n) is 2.78. The zero-order valence-electron chi connectivity index (χ0n) is 14.0. The van der Waals surface area contributed by atoms with Gasteiger partial charge in [0.2, 0.25) is 0 Å². The van der Waals surface area contributed by atoms with E-state index in [0.29, 0.717) is 18.9 Å². The Morgan fingerprint density at radius 3 is 2.70 bits per heavy atom. The molecule has 0 radical (unpaired) electrons. The Morgan fingerprint density at radius 1 is 1.19 bits per heavy atom. The number of amides is 1. The highest BCUT2D eigenvalue weighted by Crippen LogP contribution is 2.31. The summed E-state index contributed by atoms with van der Waals surface area (Å²) < 4.78 is 32.8. The van der Waals surface area contributed by atoms with Gasteiger partial charge in [-0.05, 0) is 30.3 Å². The summed E-state index contributed by atoms with van der Waals surface area (Å²) in [5.41, 5.74) is 1.21. The highest BCUT2D eigenvalue weighted by molar-refractivity contribution is 7.22. The molecule has 140 valence electrons. The molecule has 5 nitrogen and oxygen atoms in total. The van der Waals surface area contributed by atoms with Crippen molar-refractivity contribution in [3.05, 3.63) is 52.6 Å². The number of aromatic nitrogens is 1. The average Bonchev–Trinajstić information content (AvgIpc) is 3.08. The summed E-state index contributed by atoms with van der Waals surface area (Å²) in [4.78, 5) is 19.1. The van der Waals surface area contributed by atoms with Crippen molar-refractivity contribution in [1.82, 2.24) is 4.98 Å². The van der Waals surface area contributed by atoms with Gasteiger partial charge < -0.3 is 15.0 Å². The summed E-state index contributed by atoms with van der Waals surface area (Å²) in [5, 5.41) is 3.41. The molecule has 1 N–H and O–H groups in total. The second-order valence-corrected chi connectivity index (χ2v) is 7.39. The quantitative estimate of drug-likeness (QED) is 0.655. The first-order valence-electron chi connectivity index (χ1n) is 8.20.